The van der Waals surface area contributed by atoms with Crippen molar-refractivity contribution in [3.63, 3.8) is 0 Å². The zero-order valence-electron chi connectivity index (χ0n) is 12.6. The standard InChI is InChI=1S/C18H27NO/c1-14-8-10-16(11-9-14)18(20)13-19-12-4-7-17(19)15-5-2-3-6-15/h8-11,15,17-18,20H,2-7,12-13H2,1H3. The number of likely N-dealkylation sites (tertiary alicyclic amines) is 1. The van der Waals surface area contributed by atoms with Crippen LogP contribution in [0, 0.1) is 12.8 Å². The first kappa shape index (κ1) is 14.1. The number of benzene rings is 1. The Morgan fingerprint density at radius 1 is 1.10 bits per heavy atom. The van der Waals surface area contributed by atoms with Gasteiger partial charge in [-0.3, -0.25) is 4.90 Å². The van der Waals surface area contributed by atoms with E-state index in [-0.39, 0.29) is 6.10 Å². The van der Waals surface area contributed by atoms with Crippen molar-refractivity contribution in [2.24, 2.45) is 5.92 Å². The molecule has 1 saturated carbocycles. The molecule has 2 nitrogen and oxygen atoms in total. The maximum absolute atomic E-state index is 10.5. The molecule has 2 atom stereocenters. The molecule has 1 heterocycles. The summed E-state index contributed by atoms with van der Waals surface area (Å²) >= 11 is 0. The third-order valence-corrected chi connectivity index (χ3v) is 5.23. The van der Waals surface area contributed by atoms with Gasteiger partial charge in [-0.15, -0.1) is 0 Å². The SMILES string of the molecule is Cc1ccc(C(O)CN2CCCC2C2CCCC2)cc1. The highest BCUT2D eigenvalue weighted by Gasteiger charge is 2.34. The van der Waals surface area contributed by atoms with Crippen molar-refractivity contribution in [1.82, 2.24) is 4.90 Å². The number of aliphatic hydroxyl groups excluding tert-OH is 1. The Morgan fingerprint density at radius 2 is 1.80 bits per heavy atom. The lowest BCUT2D eigenvalue weighted by atomic mass is 9.95. The van der Waals surface area contributed by atoms with Crippen LogP contribution in [0.4, 0.5) is 0 Å². The van der Waals surface area contributed by atoms with E-state index in [1.54, 1.807) is 0 Å². The highest BCUT2D eigenvalue weighted by atomic mass is 16.3. The second-order valence-electron chi connectivity index (χ2n) is 6.68. The Labute approximate surface area is 122 Å². The Kier molecular flexibility index (Phi) is 4.42. The molecule has 0 radical (unpaired) electrons. The maximum Gasteiger partial charge on any atom is 0.0917 e. The van der Waals surface area contributed by atoms with Crippen molar-refractivity contribution < 1.29 is 5.11 Å². The fraction of sp³-hybridized carbons (Fsp3) is 0.667. The first-order valence-corrected chi connectivity index (χ1v) is 8.23. The van der Waals surface area contributed by atoms with E-state index in [1.807, 2.05) is 0 Å². The van der Waals surface area contributed by atoms with Gasteiger partial charge in [-0.05, 0) is 50.6 Å². The molecular formula is C18H27NO. The van der Waals surface area contributed by atoms with E-state index in [4.69, 9.17) is 0 Å². The van der Waals surface area contributed by atoms with Crippen LogP contribution in [-0.4, -0.2) is 29.1 Å². The molecule has 1 aromatic carbocycles. The van der Waals surface area contributed by atoms with Gasteiger partial charge in [-0.1, -0.05) is 42.7 Å². The highest BCUT2D eigenvalue weighted by Crippen LogP contribution is 2.36. The van der Waals surface area contributed by atoms with Gasteiger partial charge < -0.3 is 5.11 Å². The van der Waals surface area contributed by atoms with E-state index < -0.39 is 0 Å². The first-order chi connectivity index (χ1) is 9.74. The second-order valence-corrected chi connectivity index (χ2v) is 6.68. The molecule has 1 aliphatic carbocycles. The normalized spacial score (nSPS) is 26.2. The number of aliphatic hydroxyl groups is 1. The van der Waals surface area contributed by atoms with Crippen molar-refractivity contribution in [3.05, 3.63) is 35.4 Å². The molecule has 110 valence electrons. The third-order valence-electron chi connectivity index (χ3n) is 5.23. The van der Waals surface area contributed by atoms with Crippen LogP contribution in [-0.2, 0) is 0 Å². The van der Waals surface area contributed by atoms with Crippen LogP contribution in [0.3, 0.4) is 0 Å². The molecule has 1 saturated heterocycles. The second kappa shape index (κ2) is 6.28. The lowest BCUT2D eigenvalue weighted by Crippen LogP contribution is -2.37. The average molecular weight is 273 g/mol. The molecule has 0 spiro atoms. The van der Waals surface area contributed by atoms with E-state index in [1.165, 1.54) is 50.6 Å². The molecule has 0 aromatic heterocycles. The van der Waals surface area contributed by atoms with Crippen LogP contribution in [0.1, 0.15) is 55.8 Å². The Balaban J connectivity index is 1.62. The molecule has 1 aliphatic heterocycles. The Morgan fingerprint density at radius 3 is 2.50 bits per heavy atom. The van der Waals surface area contributed by atoms with Crippen LogP contribution < -0.4 is 0 Å². The fourth-order valence-electron chi connectivity index (χ4n) is 4.07. The number of hydrogen-bond acceptors (Lipinski definition) is 2. The summed E-state index contributed by atoms with van der Waals surface area (Å²) < 4.78 is 0. The summed E-state index contributed by atoms with van der Waals surface area (Å²) in [6.07, 6.45) is 7.94. The average Bonchev–Trinajstić information content (AvgIpc) is 3.09. The van der Waals surface area contributed by atoms with Crippen LogP contribution in [0.25, 0.3) is 0 Å². The van der Waals surface area contributed by atoms with Crippen molar-refractivity contribution in [1.29, 1.82) is 0 Å². The Bertz CT molecular complexity index is 422. The largest absolute Gasteiger partial charge is 0.387 e. The zero-order chi connectivity index (χ0) is 13.9. The molecule has 20 heavy (non-hydrogen) atoms. The minimum Gasteiger partial charge on any atom is -0.387 e. The quantitative estimate of drug-likeness (QED) is 0.904. The Hall–Kier alpha value is -0.860. The summed E-state index contributed by atoms with van der Waals surface area (Å²) in [5.41, 5.74) is 2.32. The summed E-state index contributed by atoms with van der Waals surface area (Å²) in [6.45, 7) is 4.07. The maximum atomic E-state index is 10.5. The van der Waals surface area contributed by atoms with Crippen molar-refractivity contribution in [3.8, 4) is 0 Å². The molecule has 0 amide bonds. The number of nitrogens with zero attached hydrogens (tertiary/aromatic N) is 1. The third kappa shape index (κ3) is 3.07. The number of rotatable bonds is 4. The molecule has 1 N–H and O–H groups in total. The van der Waals surface area contributed by atoms with Gasteiger partial charge in [0.05, 0.1) is 6.10 Å². The van der Waals surface area contributed by atoms with Gasteiger partial charge >= 0.3 is 0 Å². The minimum absolute atomic E-state index is 0.336. The van der Waals surface area contributed by atoms with Gasteiger partial charge in [0, 0.05) is 12.6 Å². The summed E-state index contributed by atoms with van der Waals surface area (Å²) in [5.74, 6) is 0.891. The van der Waals surface area contributed by atoms with E-state index in [9.17, 15) is 5.11 Å². The number of aryl methyl sites for hydroxylation is 1. The van der Waals surface area contributed by atoms with Crippen LogP contribution in [0.2, 0.25) is 0 Å². The summed E-state index contributed by atoms with van der Waals surface area (Å²) in [7, 11) is 0. The topological polar surface area (TPSA) is 23.5 Å². The monoisotopic (exact) mass is 273 g/mol. The molecule has 2 heteroatoms. The van der Waals surface area contributed by atoms with E-state index >= 15 is 0 Å². The van der Waals surface area contributed by atoms with Gasteiger partial charge in [-0.2, -0.15) is 0 Å². The van der Waals surface area contributed by atoms with Gasteiger partial charge in [0.1, 0.15) is 0 Å². The van der Waals surface area contributed by atoms with Crippen molar-refractivity contribution >= 4 is 0 Å². The zero-order valence-corrected chi connectivity index (χ0v) is 12.6. The van der Waals surface area contributed by atoms with Crippen molar-refractivity contribution in [2.75, 3.05) is 13.1 Å². The van der Waals surface area contributed by atoms with E-state index in [0.29, 0.717) is 0 Å². The summed E-state index contributed by atoms with van der Waals surface area (Å²) in [6, 6.07) is 9.06. The van der Waals surface area contributed by atoms with E-state index in [2.05, 4.69) is 36.1 Å². The number of hydrogen-bond donors (Lipinski definition) is 1. The van der Waals surface area contributed by atoms with Gasteiger partial charge in [0.15, 0.2) is 0 Å². The lowest BCUT2D eigenvalue weighted by Gasteiger charge is -2.31. The first-order valence-electron chi connectivity index (χ1n) is 8.23. The van der Waals surface area contributed by atoms with Gasteiger partial charge in [-0.25, -0.2) is 0 Å². The molecule has 1 aromatic rings. The fourth-order valence-corrected chi connectivity index (χ4v) is 4.07. The molecule has 3 rings (SSSR count). The van der Waals surface area contributed by atoms with Crippen molar-refractivity contribution in [2.45, 2.75) is 57.6 Å². The molecule has 2 aliphatic rings. The van der Waals surface area contributed by atoms with E-state index in [0.717, 1.165) is 24.1 Å². The smallest absolute Gasteiger partial charge is 0.0917 e. The predicted molar refractivity (Wildman–Crippen MR) is 82.7 cm³/mol. The van der Waals surface area contributed by atoms with Crippen LogP contribution in [0.5, 0.6) is 0 Å². The van der Waals surface area contributed by atoms with Crippen LogP contribution in [0.15, 0.2) is 24.3 Å². The summed E-state index contributed by atoms with van der Waals surface area (Å²) in [5, 5.41) is 10.5. The molecule has 2 fully saturated rings. The van der Waals surface area contributed by atoms with Gasteiger partial charge in [0.2, 0.25) is 0 Å². The van der Waals surface area contributed by atoms with Crippen LogP contribution >= 0.6 is 0 Å². The predicted octanol–water partition coefficient (Wildman–Crippen LogP) is 3.68. The number of β-amino-alcohol motifs (C(OH)–C–C–N with tert-alkyl or cyclic N) is 1. The van der Waals surface area contributed by atoms with Gasteiger partial charge in [0.25, 0.3) is 0 Å². The highest BCUT2D eigenvalue weighted by molar-refractivity contribution is 5.23. The minimum atomic E-state index is -0.336. The lowest BCUT2D eigenvalue weighted by molar-refractivity contribution is 0.0894. The molecule has 0 bridgehead atoms. The molecule has 2 unspecified atom stereocenters. The summed E-state index contributed by atoms with van der Waals surface area (Å²) in [4.78, 5) is 2.56. The molecular weight excluding hydrogens is 246 g/mol.